The van der Waals surface area contributed by atoms with Crippen molar-refractivity contribution in [1.82, 2.24) is 5.32 Å². The van der Waals surface area contributed by atoms with Crippen LogP contribution in [0.5, 0.6) is 5.75 Å². The molecule has 0 spiro atoms. The molecule has 4 heteroatoms. The van der Waals surface area contributed by atoms with Gasteiger partial charge in [0.25, 0.3) is 5.91 Å². The van der Waals surface area contributed by atoms with E-state index in [4.69, 9.17) is 0 Å². The van der Waals surface area contributed by atoms with Gasteiger partial charge in [-0.1, -0.05) is 45.8 Å². The molecule has 2 rings (SSSR count). The van der Waals surface area contributed by atoms with Gasteiger partial charge in [-0.25, -0.2) is 0 Å². The highest BCUT2D eigenvalue weighted by Crippen LogP contribution is 2.22. The molecule has 0 aliphatic heterocycles. The molecule has 19 heavy (non-hydrogen) atoms. The van der Waals surface area contributed by atoms with Crippen molar-refractivity contribution in [3.63, 3.8) is 0 Å². The van der Waals surface area contributed by atoms with Gasteiger partial charge in [-0.15, -0.1) is 0 Å². The Morgan fingerprint density at radius 1 is 1.21 bits per heavy atom. The molecule has 0 saturated carbocycles. The molecule has 0 saturated heterocycles. The maximum absolute atomic E-state index is 11.9. The molecule has 3 nitrogen and oxygen atoms in total. The lowest BCUT2D eigenvalue weighted by Crippen LogP contribution is -2.22. The highest BCUT2D eigenvalue weighted by Gasteiger charge is 2.10. The molecule has 2 N–H and O–H groups in total. The predicted octanol–water partition coefficient (Wildman–Crippen LogP) is 3.39. The van der Waals surface area contributed by atoms with E-state index in [1.165, 1.54) is 11.6 Å². The van der Waals surface area contributed by atoms with Crippen LogP contribution in [0.15, 0.2) is 46.9 Å². The number of aromatic hydroxyl groups is 1. The van der Waals surface area contributed by atoms with E-state index < -0.39 is 0 Å². The number of phenolic OH excluding ortho intramolecular Hbond substituents is 1. The molecule has 2 aromatic carbocycles. The first kappa shape index (κ1) is 13.6. The maximum Gasteiger partial charge on any atom is 0.255 e. The van der Waals surface area contributed by atoms with Gasteiger partial charge in [-0.2, -0.15) is 0 Å². The van der Waals surface area contributed by atoms with Crippen molar-refractivity contribution >= 4 is 21.8 Å². The number of aryl methyl sites for hydroxylation is 1. The molecule has 98 valence electrons. The summed E-state index contributed by atoms with van der Waals surface area (Å²) in [6.45, 7) is 2.46. The zero-order valence-corrected chi connectivity index (χ0v) is 12.1. The van der Waals surface area contributed by atoms with Crippen molar-refractivity contribution in [2.24, 2.45) is 0 Å². The van der Waals surface area contributed by atoms with Crippen molar-refractivity contribution in [2.45, 2.75) is 13.5 Å². The number of hydrogen-bond acceptors (Lipinski definition) is 2. The third-order valence-electron chi connectivity index (χ3n) is 2.78. The second-order valence-corrected chi connectivity index (χ2v) is 5.25. The first-order chi connectivity index (χ1) is 9.06. The van der Waals surface area contributed by atoms with Crippen molar-refractivity contribution < 1.29 is 9.90 Å². The molecule has 0 heterocycles. The first-order valence-electron chi connectivity index (χ1n) is 5.88. The van der Waals surface area contributed by atoms with Gasteiger partial charge in [-0.3, -0.25) is 4.79 Å². The Morgan fingerprint density at radius 3 is 2.53 bits per heavy atom. The van der Waals surface area contributed by atoms with Gasteiger partial charge in [0.2, 0.25) is 0 Å². The van der Waals surface area contributed by atoms with Gasteiger partial charge < -0.3 is 10.4 Å². The second-order valence-electron chi connectivity index (χ2n) is 4.33. The van der Waals surface area contributed by atoms with Crippen LogP contribution in [0.1, 0.15) is 21.5 Å². The molecule has 0 aromatic heterocycles. The normalized spacial score (nSPS) is 10.2. The van der Waals surface area contributed by atoms with E-state index in [-0.39, 0.29) is 17.2 Å². The molecule has 0 atom stereocenters. The fraction of sp³-hybridized carbons (Fsp3) is 0.133. The highest BCUT2D eigenvalue weighted by atomic mass is 79.9. The zero-order valence-electron chi connectivity index (χ0n) is 10.5. The molecule has 0 fully saturated rings. The summed E-state index contributed by atoms with van der Waals surface area (Å²) in [5, 5.41) is 12.5. The van der Waals surface area contributed by atoms with Gasteiger partial charge in [0.15, 0.2) is 0 Å². The van der Waals surface area contributed by atoms with Gasteiger partial charge in [-0.05, 0) is 30.7 Å². The molecule has 0 unspecified atom stereocenters. The molecular formula is C15H14BrNO2. The molecule has 0 radical (unpaired) electrons. The van der Waals surface area contributed by atoms with Crippen LogP contribution < -0.4 is 5.32 Å². The standard InChI is InChI=1S/C15H14BrNO2/c1-10-2-4-11(5-3-10)9-17-15(19)13-7-6-12(16)8-14(13)18/h2-8,18H,9H2,1H3,(H,17,19). The van der Waals surface area contributed by atoms with E-state index in [0.29, 0.717) is 6.54 Å². The third-order valence-corrected chi connectivity index (χ3v) is 3.27. The average Bonchev–Trinajstić information content (AvgIpc) is 2.37. The van der Waals surface area contributed by atoms with Gasteiger partial charge in [0, 0.05) is 11.0 Å². The number of hydrogen-bond donors (Lipinski definition) is 2. The van der Waals surface area contributed by atoms with Crippen LogP contribution in [-0.4, -0.2) is 11.0 Å². The van der Waals surface area contributed by atoms with Crippen LogP contribution in [-0.2, 0) is 6.54 Å². The van der Waals surface area contributed by atoms with Crippen LogP contribution in [0, 0.1) is 6.92 Å². The summed E-state index contributed by atoms with van der Waals surface area (Å²) in [6.07, 6.45) is 0. The minimum atomic E-state index is -0.287. The summed E-state index contributed by atoms with van der Waals surface area (Å²) in [4.78, 5) is 11.9. The quantitative estimate of drug-likeness (QED) is 0.911. The number of benzene rings is 2. The minimum Gasteiger partial charge on any atom is -0.507 e. The van der Waals surface area contributed by atoms with Gasteiger partial charge >= 0.3 is 0 Å². The fourth-order valence-electron chi connectivity index (χ4n) is 1.68. The van der Waals surface area contributed by atoms with E-state index in [0.717, 1.165) is 10.0 Å². The Morgan fingerprint density at radius 2 is 1.89 bits per heavy atom. The van der Waals surface area contributed by atoms with Gasteiger partial charge in [0.1, 0.15) is 5.75 Å². The summed E-state index contributed by atoms with van der Waals surface area (Å²) in [6, 6.07) is 12.7. The van der Waals surface area contributed by atoms with Crippen LogP contribution in [0.3, 0.4) is 0 Å². The smallest absolute Gasteiger partial charge is 0.255 e. The summed E-state index contributed by atoms with van der Waals surface area (Å²) in [5.74, 6) is -0.318. The predicted molar refractivity (Wildman–Crippen MR) is 78.2 cm³/mol. The summed E-state index contributed by atoms with van der Waals surface area (Å²) < 4.78 is 0.736. The lowest BCUT2D eigenvalue weighted by Gasteiger charge is -2.07. The van der Waals surface area contributed by atoms with Crippen LogP contribution in [0.2, 0.25) is 0 Å². The average molecular weight is 320 g/mol. The van der Waals surface area contributed by atoms with Crippen molar-refractivity contribution in [1.29, 1.82) is 0 Å². The SMILES string of the molecule is Cc1ccc(CNC(=O)c2ccc(Br)cc2O)cc1. The number of halogens is 1. The number of amides is 1. The molecule has 1 amide bonds. The Hall–Kier alpha value is -1.81. The van der Waals surface area contributed by atoms with E-state index in [2.05, 4.69) is 21.2 Å². The monoisotopic (exact) mass is 319 g/mol. The third kappa shape index (κ3) is 3.58. The summed E-state index contributed by atoms with van der Waals surface area (Å²) in [7, 11) is 0. The number of nitrogens with one attached hydrogen (secondary N) is 1. The number of phenols is 1. The molecular weight excluding hydrogens is 306 g/mol. The number of carbonyl (C=O) groups is 1. The Bertz CT molecular complexity index is 594. The van der Waals surface area contributed by atoms with Crippen LogP contribution in [0.25, 0.3) is 0 Å². The topological polar surface area (TPSA) is 49.3 Å². The summed E-state index contributed by atoms with van der Waals surface area (Å²) >= 11 is 3.24. The molecule has 2 aromatic rings. The first-order valence-corrected chi connectivity index (χ1v) is 6.68. The highest BCUT2D eigenvalue weighted by molar-refractivity contribution is 9.10. The van der Waals surface area contributed by atoms with Crippen molar-refractivity contribution in [3.05, 3.63) is 63.6 Å². The zero-order chi connectivity index (χ0) is 13.8. The van der Waals surface area contributed by atoms with Crippen molar-refractivity contribution in [3.8, 4) is 5.75 Å². The Balaban J connectivity index is 2.03. The molecule has 0 bridgehead atoms. The van der Waals surface area contributed by atoms with E-state index in [1.54, 1.807) is 12.1 Å². The van der Waals surface area contributed by atoms with Crippen LogP contribution in [0.4, 0.5) is 0 Å². The molecule has 0 aliphatic carbocycles. The van der Waals surface area contributed by atoms with Gasteiger partial charge in [0.05, 0.1) is 5.56 Å². The number of rotatable bonds is 3. The molecule has 0 aliphatic rings. The van der Waals surface area contributed by atoms with Crippen molar-refractivity contribution in [2.75, 3.05) is 0 Å². The minimum absolute atomic E-state index is 0.0317. The summed E-state index contributed by atoms with van der Waals surface area (Å²) in [5.41, 5.74) is 2.48. The lowest BCUT2D eigenvalue weighted by molar-refractivity contribution is 0.0948. The maximum atomic E-state index is 11.9. The number of carbonyl (C=O) groups excluding carboxylic acids is 1. The largest absolute Gasteiger partial charge is 0.507 e. The second kappa shape index (κ2) is 5.89. The lowest BCUT2D eigenvalue weighted by atomic mass is 10.1. The fourth-order valence-corrected chi connectivity index (χ4v) is 2.03. The van der Waals surface area contributed by atoms with Crippen LogP contribution >= 0.6 is 15.9 Å². The Labute approximate surface area is 120 Å². The Kier molecular flexibility index (Phi) is 4.22. The van der Waals surface area contributed by atoms with E-state index in [1.807, 2.05) is 31.2 Å². The van der Waals surface area contributed by atoms with E-state index in [9.17, 15) is 9.90 Å². The van der Waals surface area contributed by atoms with E-state index >= 15 is 0 Å².